The van der Waals surface area contributed by atoms with E-state index in [-0.39, 0.29) is 11.8 Å². The molecule has 0 spiro atoms. The maximum atomic E-state index is 13.4. The summed E-state index contributed by atoms with van der Waals surface area (Å²) in [5.41, 5.74) is 5.72. The predicted molar refractivity (Wildman–Crippen MR) is 122 cm³/mol. The average Bonchev–Trinajstić information content (AvgIpc) is 3.14. The fraction of sp³-hybridized carbons (Fsp3) is 0.130. The fourth-order valence-corrected chi connectivity index (χ4v) is 4.86. The standard InChI is InChI=1S/C23H18ClN3OS/c1-12(2)25-17-9-5-6-13-19(17)22(28)14-10-11-18(23-20(14)21(13)27-29-23)26-16-8-4-3-7-15(16)24/h3-12,25-26H,1-2H3. The van der Waals surface area contributed by atoms with Crippen molar-refractivity contribution < 1.29 is 4.79 Å². The van der Waals surface area contributed by atoms with Gasteiger partial charge in [0.2, 0.25) is 0 Å². The monoisotopic (exact) mass is 419 g/mol. The van der Waals surface area contributed by atoms with Crippen LogP contribution in [-0.4, -0.2) is 16.2 Å². The lowest BCUT2D eigenvalue weighted by Gasteiger charge is -2.21. The van der Waals surface area contributed by atoms with Crippen molar-refractivity contribution in [2.24, 2.45) is 0 Å². The topological polar surface area (TPSA) is 54.0 Å². The van der Waals surface area contributed by atoms with Gasteiger partial charge in [-0.2, -0.15) is 4.37 Å². The fourth-order valence-electron chi connectivity index (χ4n) is 3.79. The van der Waals surface area contributed by atoms with Gasteiger partial charge in [0.05, 0.1) is 32.4 Å². The molecule has 4 nitrogen and oxygen atoms in total. The van der Waals surface area contributed by atoms with Crippen LogP contribution in [0.4, 0.5) is 17.1 Å². The smallest absolute Gasteiger partial charge is 0.196 e. The van der Waals surface area contributed by atoms with Crippen LogP contribution >= 0.6 is 23.1 Å². The van der Waals surface area contributed by atoms with Gasteiger partial charge in [-0.05, 0) is 55.7 Å². The minimum absolute atomic E-state index is 0.0331. The third-order valence-electron chi connectivity index (χ3n) is 5.00. The molecule has 0 atom stereocenters. The van der Waals surface area contributed by atoms with Gasteiger partial charge in [0.25, 0.3) is 0 Å². The predicted octanol–water partition coefficient (Wildman–Crippen LogP) is 6.73. The number of carbonyl (C=O) groups excluding carboxylic acids is 1. The maximum absolute atomic E-state index is 13.4. The molecule has 1 aromatic heterocycles. The molecule has 29 heavy (non-hydrogen) atoms. The molecule has 4 aromatic rings. The quantitative estimate of drug-likeness (QED) is 0.339. The number of rotatable bonds is 4. The van der Waals surface area contributed by atoms with Gasteiger partial charge in [0.1, 0.15) is 0 Å². The first-order valence-corrected chi connectivity index (χ1v) is 10.6. The van der Waals surface area contributed by atoms with Gasteiger partial charge in [0, 0.05) is 28.2 Å². The molecule has 0 radical (unpaired) electrons. The van der Waals surface area contributed by atoms with Crippen LogP contribution in [0.1, 0.15) is 29.8 Å². The summed E-state index contributed by atoms with van der Waals surface area (Å²) in [4.78, 5) is 13.4. The maximum Gasteiger partial charge on any atom is 0.196 e. The van der Waals surface area contributed by atoms with Gasteiger partial charge in [-0.15, -0.1) is 0 Å². The number of aromatic nitrogens is 1. The van der Waals surface area contributed by atoms with E-state index in [9.17, 15) is 4.79 Å². The first kappa shape index (κ1) is 18.2. The van der Waals surface area contributed by atoms with E-state index < -0.39 is 0 Å². The number of carbonyl (C=O) groups is 1. The molecule has 2 N–H and O–H groups in total. The van der Waals surface area contributed by atoms with Crippen molar-refractivity contribution in [2.75, 3.05) is 10.6 Å². The van der Waals surface area contributed by atoms with Gasteiger partial charge >= 0.3 is 0 Å². The second kappa shape index (κ2) is 6.87. The second-order valence-corrected chi connectivity index (χ2v) is 8.54. The Morgan fingerprint density at radius 1 is 0.931 bits per heavy atom. The van der Waals surface area contributed by atoms with Crippen LogP contribution in [0.5, 0.6) is 0 Å². The van der Waals surface area contributed by atoms with Gasteiger partial charge in [-0.3, -0.25) is 4.79 Å². The van der Waals surface area contributed by atoms with Crippen molar-refractivity contribution in [3.63, 3.8) is 0 Å². The highest BCUT2D eigenvalue weighted by atomic mass is 35.5. The summed E-state index contributed by atoms with van der Waals surface area (Å²) in [6.07, 6.45) is 0. The number of fused-ring (bicyclic) bond motifs is 2. The summed E-state index contributed by atoms with van der Waals surface area (Å²) < 4.78 is 5.69. The van der Waals surface area contributed by atoms with E-state index in [0.29, 0.717) is 16.1 Å². The lowest BCUT2D eigenvalue weighted by atomic mass is 9.86. The number of para-hydroxylation sites is 1. The molecule has 1 aliphatic rings. The number of hydrogen-bond donors (Lipinski definition) is 2. The molecule has 0 saturated heterocycles. The van der Waals surface area contributed by atoms with Crippen LogP contribution in [0, 0.1) is 0 Å². The van der Waals surface area contributed by atoms with Crippen LogP contribution in [-0.2, 0) is 0 Å². The van der Waals surface area contributed by atoms with Gasteiger partial charge in [0.15, 0.2) is 5.78 Å². The molecule has 6 heteroatoms. The van der Waals surface area contributed by atoms with Crippen LogP contribution in [0.2, 0.25) is 5.02 Å². The molecule has 0 unspecified atom stereocenters. The first-order chi connectivity index (χ1) is 14.0. The minimum Gasteiger partial charge on any atom is -0.382 e. The van der Waals surface area contributed by atoms with Crippen molar-refractivity contribution in [1.29, 1.82) is 0 Å². The Balaban J connectivity index is 1.69. The summed E-state index contributed by atoms with van der Waals surface area (Å²) in [5, 5.41) is 8.35. The summed E-state index contributed by atoms with van der Waals surface area (Å²) in [6.45, 7) is 4.13. The number of halogens is 1. The van der Waals surface area contributed by atoms with Crippen molar-refractivity contribution >= 4 is 56.1 Å². The zero-order valence-corrected chi connectivity index (χ0v) is 17.5. The zero-order valence-electron chi connectivity index (χ0n) is 15.9. The van der Waals surface area contributed by atoms with Crippen LogP contribution < -0.4 is 10.6 Å². The largest absolute Gasteiger partial charge is 0.382 e. The van der Waals surface area contributed by atoms with Crippen molar-refractivity contribution in [3.8, 4) is 11.3 Å². The second-order valence-electron chi connectivity index (χ2n) is 7.36. The highest BCUT2D eigenvalue weighted by Crippen LogP contribution is 2.45. The van der Waals surface area contributed by atoms with E-state index in [1.807, 2.05) is 54.6 Å². The minimum atomic E-state index is 0.0331. The Morgan fingerprint density at radius 3 is 2.52 bits per heavy atom. The third-order valence-corrected chi connectivity index (χ3v) is 6.21. The highest BCUT2D eigenvalue weighted by Gasteiger charge is 2.30. The zero-order chi connectivity index (χ0) is 20.1. The molecular weight excluding hydrogens is 402 g/mol. The molecule has 0 aliphatic heterocycles. The molecular formula is C23H18ClN3OS. The summed E-state index contributed by atoms with van der Waals surface area (Å²) in [7, 11) is 0. The van der Waals surface area contributed by atoms with Gasteiger partial charge in [-0.1, -0.05) is 35.9 Å². The Hall–Kier alpha value is -2.89. The summed E-state index contributed by atoms with van der Waals surface area (Å²) in [6, 6.07) is 17.6. The molecule has 1 aliphatic carbocycles. The first-order valence-electron chi connectivity index (χ1n) is 9.43. The van der Waals surface area contributed by atoms with Crippen molar-refractivity contribution in [3.05, 3.63) is 70.7 Å². The molecule has 5 rings (SSSR count). The number of nitrogens with one attached hydrogen (secondary N) is 2. The third kappa shape index (κ3) is 2.89. The van der Waals surface area contributed by atoms with Gasteiger partial charge in [-0.25, -0.2) is 0 Å². The SMILES string of the molecule is CC(C)Nc1cccc2c1C(=O)c1ccc(Nc3ccccc3Cl)c3snc-2c13. The number of ketones is 1. The summed E-state index contributed by atoms with van der Waals surface area (Å²) >= 11 is 7.72. The van der Waals surface area contributed by atoms with Gasteiger partial charge < -0.3 is 10.6 Å². The molecule has 0 saturated carbocycles. The van der Waals surface area contributed by atoms with Crippen LogP contribution in [0.3, 0.4) is 0 Å². The highest BCUT2D eigenvalue weighted by molar-refractivity contribution is 7.14. The van der Waals surface area contributed by atoms with E-state index in [1.165, 1.54) is 11.5 Å². The number of nitrogens with zero attached hydrogens (tertiary/aromatic N) is 1. The summed E-state index contributed by atoms with van der Waals surface area (Å²) in [5.74, 6) is 0.0331. The molecule has 0 amide bonds. The number of benzene rings is 3. The molecule has 0 bridgehead atoms. The lowest BCUT2D eigenvalue weighted by Crippen LogP contribution is -2.17. The Kier molecular flexibility index (Phi) is 4.30. The number of anilines is 3. The number of hydrogen-bond acceptors (Lipinski definition) is 5. The van der Waals surface area contributed by atoms with Crippen LogP contribution in [0.15, 0.2) is 54.6 Å². The van der Waals surface area contributed by atoms with E-state index in [4.69, 9.17) is 16.0 Å². The van der Waals surface area contributed by atoms with E-state index >= 15 is 0 Å². The van der Waals surface area contributed by atoms with Crippen molar-refractivity contribution in [2.45, 2.75) is 19.9 Å². The Morgan fingerprint density at radius 2 is 1.72 bits per heavy atom. The molecule has 3 aromatic carbocycles. The van der Waals surface area contributed by atoms with Crippen molar-refractivity contribution in [1.82, 2.24) is 4.37 Å². The van der Waals surface area contributed by atoms with E-state index in [1.54, 1.807) is 0 Å². The molecule has 0 fully saturated rings. The molecule has 1 heterocycles. The average molecular weight is 420 g/mol. The van der Waals surface area contributed by atoms with E-state index in [0.717, 1.165) is 38.4 Å². The Bertz CT molecular complexity index is 1280. The Labute approximate surface area is 177 Å². The normalized spacial score (nSPS) is 12.3. The van der Waals surface area contributed by atoms with E-state index in [2.05, 4.69) is 24.5 Å². The lowest BCUT2D eigenvalue weighted by molar-refractivity contribution is 0.104. The van der Waals surface area contributed by atoms with Crippen LogP contribution in [0.25, 0.3) is 21.3 Å². The molecule has 144 valence electrons.